The second-order valence-corrected chi connectivity index (χ2v) is 3.28. The van der Waals surface area contributed by atoms with Crippen LogP contribution in [0.4, 0.5) is 10.1 Å². The van der Waals surface area contributed by atoms with E-state index in [0.29, 0.717) is 0 Å². The van der Waals surface area contributed by atoms with Crippen LogP contribution >= 0.6 is 0 Å². The van der Waals surface area contributed by atoms with Crippen LogP contribution in [-0.4, -0.2) is 11.1 Å². The van der Waals surface area contributed by atoms with Gasteiger partial charge in [-0.15, -0.1) is 0 Å². The predicted octanol–water partition coefficient (Wildman–Crippen LogP) is 1.99. The molecule has 0 aliphatic carbocycles. The van der Waals surface area contributed by atoms with Gasteiger partial charge in [-0.1, -0.05) is 13.0 Å². The lowest BCUT2D eigenvalue weighted by Gasteiger charge is -2.09. The number of aliphatic carboxylic acids is 1. The third kappa shape index (κ3) is 2.45. The molecule has 0 saturated carbocycles. The van der Waals surface area contributed by atoms with Crippen LogP contribution in [0.25, 0.3) is 0 Å². The van der Waals surface area contributed by atoms with Gasteiger partial charge in [0.15, 0.2) is 0 Å². The van der Waals surface area contributed by atoms with E-state index in [1.807, 2.05) is 0 Å². The smallest absolute Gasteiger partial charge is 0.303 e. The van der Waals surface area contributed by atoms with Crippen molar-refractivity contribution in [1.29, 1.82) is 0 Å². The molecule has 14 heavy (non-hydrogen) atoms. The van der Waals surface area contributed by atoms with Crippen molar-refractivity contribution in [3.8, 4) is 0 Å². The van der Waals surface area contributed by atoms with Crippen LogP contribution in [0.2, 0.25) is 0 Å². The minimum absolute atomic E-state index is 0.0189. The lowest BCUT2D eigenvalue weighted by Crippen LogP contribution is -2.03. The lowest BCUT2D eigenvalue weighted by atomic mass is 9.97. The van der Waals surface area contributed by atoms with Crippen molar-refractivity contribution in [3.05, 3.63) is 29.6 Å². The molecule has 0 radical (unpaired) electrons. The van der Waals surface area contributed by atoms with Crippen molar-refractivity contribution in [3.63, 3.8) is 0 Å². The molecule has 3 nitrogen and oxygen atoms in total. The summed E-state index contributed by atoms with van der Waals surface area (Å²) >= 11 is 0. The third-order valence-electron chi connectivity index (χ3n) is 2.07. The highest BCUT2D eigenvalue weighted by Crippen LogP contribution is 2.22. The Kier molecular flexibility index (Phi) is 3.06. The van der Waals surface area contributed by atoms with Crippen molar-refractivity contribution in [2.45, 2.75) is 19.3 Å². The Labute approximate surface area is 81.4 Å². The summed E-state index contributed by atoms with van der Waals surface area (Å²) in [5, 5.41) is 8.56. The van der Waals surface area contributed by atoms with E-state index in [9.17, 15) is 9.18 Å². The summed E-state index contributed by atoms with van der Waals surface area (Å²) in [6.45, 7) is 1.76. The second kappa shape index (κ2) is 4.09. The molecule has 3 N–H and O–H groups in total. The van der Waals surface area contributed by atoms with Gasteiger partial charge in [0, 0.05) is 0 Å². The summed E-state index contributed by atoms with van der Waals surface area (Å²) < 4.78 is 12.8. The van der Waals surface area contributed by atoms with Crippen molar-refractivity contribution in [1.82, 2.24) is 0 Å². The highest BCUT2D eigenvalue weighted by Gasteiger charge is 2.11. The van der Waals surface area contributed by atoms with E-state index in [4.69, 9.17) is 10.8 Å². The van der Waals surface area contributed by atoms with Gasteiger partial charge in [0.25, 0.3) is 0 Å². The van der Waals surface area contributed by atoms with Gasteiger partial charge in [0.05, 0.1) is 12.1 Å². The number of anilines is 1. The zero-order valence-corrected chi connectivity index (χ0v) is 7.83. The predicted molar refractivity (Wildman–Crippen MR) is 51.5 cm³/mol. The molecule has 1 atom stereocenters. The molecular weight excluding hydrogens is 185 g/mol. The van der Waals surface area contributed by atoms with E-state index in [0.717, 1.165) is 5.56 Å². The highest BCUT2D eigenvalue weighted by atomic mass is 19.1. The third-order valence-corrected chi connectivity index (χ3v) is 2.07. The Balaban J connectivity index is 2.85. The zero-order chi connectivity index (χ0) is 10.7. The number of hydrogen-bond donors (Lipinski definition) is 2. The molecule has 0 heterocycles. The van der Waals surface area contributed by atoms with Gasteiger partial charge in [-0.05, 0) is 23.6 Å². The number of rotatable bonds is 3. The molecule has 1 aromatic rings. The largest absolute Gasteiger partial charge is 0.481 e. The van der Waals surface area contributed by atoms with Crippen LogP contribution in [0.5, 0.6) is 0 Å². The molecule has 0 amide bonds. The number of carbonyl (C=O) groups is 1. The number of carboxylic acid groups (broad SMARTS) is 1. The van der Waals surface area contributed by atoms with Crippen LogP contribution in [0.15, 0.2) is 18.2 Å². The van der Waals surface area contributed by atoms with E-state index in [2.05, 4.69) is 0 Å². The first kappa shape index (κ1) is 10.5. The van der Waals surface area contributed by atoms with Crippen molar-refractivity contribution in [2.75, 3.05) is 5.73 Å². The van der Waals surface area contributed by atoms with E-state index in [1.54, 1.807) is 13.0 Å². The van der Waals surface area contributed by atoms with Gasteiger partial charge in [0.1, 0.15) is 5.82 Å². The number of benzene rings is 1. The van der Waals surface area contributed by atoms with Crippen molar-refractivity contribution in [2.24, 2.45) is 0 Å². The fourth-order valence-corrected chi connectivity index (χ4v) is 1.25. The van der Waals surface area contributed by atoms with Crippen molar-refractivity contribution < 1.29 is 14.3 Å². The maximum atomic E-state index is 12.8. The molecule has 0 aliphatic heterocycles. The average Bonchev–Trinajstić information content (AvgIpc) is 2.08. The summed E-state index contributed by atoms with van der Waals surface area (Å²) in [5.41, 5.74) is 6.16. The molecule has 0 fully saturated rings. The Morgan fingerprint density at radius 2 is 2.29 bits per heavy atom. The Bertz CT molecular complexity index is 352. The minimum atomic E-state index is -0.875. The van der Waals surface area contributed by atoms with Gasteiger partial charge >= 0.3 is 5.97 Å². The Morgan fingerprint density at radius 3 is 2.79 bits per heavy atom. The highest BCUT2D eigenvalue weighted by molar-refractivity contribution is 5.68. The molecular formula is C10H12FNO2. The normalized spacial score (nSPS) is 12.4. The number of hydrogen-bond acceptors (Lipinski definition) is 2. The summed E-state index contributed by atoms with van der Waals surface area (Å²) in [5.74, 6) is -1.51. The van der Waals surface area contributed by atoms with Gasteiger partial charge in [-0.25, -0.2) is 4.39 Å². The van der Waals surface area contributed by atoms with Gasteiger partial charge < -0.3 is 10.8 Å². The number of halogens is 1. The van der Waals surface area contributed by atoms with Crippen LogP contribution in [-0.2, 0) is 4.79 Å². The first-order chi connectivity index (χ1) is 6.50. The van der Waals surface area contributed by atoms with E-state index in [-0.39, 0.29) is 18.0 Å². The summed E-state index contributed by atoms with van der Waals surface area (Å²) in [6.07, 6.45) is 0.0189. The molecule has 1 aromatic carbocycles. The molecule has 0 unspecified atom stereocenters. The maximum Gasteiger partial charge on any atom is 0.303 e. The van der Waals surface area contributed by atoms with Gasteiger partial charge in [-0.3, -0.25) is 4.79 Å². The molecule has 0 saturated heterocycles. The lowest BCUT2D eigenvalue weighted by molar-refractivity contribution is -0.137. The Morgan fingerprint density at radius 1 is 1.64 bits per heavy atom. The standard InChI is InChI=1S/C10H12FNO2/c1-6(4-10(13)14)7-2-3-8(11)9(12)5-7/h2-3,5-6H,4,12H2,1H3,(H,13,14)/t6-/m0/s1. The van der Waals surface area contributed by atoms with Gasteiger partial charge in [0.2, 0.25) is 0 Å². The maximum absolute atomic E-state index is 12.8. The summed E-state index contributed by atoms with van der Waals surface area (Å²) in [7, 11) is 0. The fourth-order valence-electron chi connectivity index (χ4n) is 1.25. The van der Waals surface area contributed by atoms with E-state index < -0.39 is 11.8 Å². The Hall–Kier alpha value is -1.58. The number of nitrogens with two attached hydrogens (primary N) is 1. The first-order valence-corrected chi connectivity index (χ1v) is 4.27. The summed E-state index contributed by atoms with van der Waals surface area (Å²) in [4.78, 5) is 10.4. The SMILES string of the molecule is C[C@@H](CC(=O)O)c1ccc(F)c(N)c1. The molecule has 0 aromatic heterocycles. The number of carboxylic acids is 1. The molecule has 0 bridgehead atoms. The van der Waals surface area contributed by atoms with Crippen LogP contribution < -0.4 is 5.73 Å². The molecule has 0 aliphatic rings. The van der Waals surface area contributed by atoms with Crippen LogP contribution in [0, 0.1) is 5.82 Å². The van der Waals surface area contributed by atoms with E-state index in [1.165, 1.54) is 12.1 Å². The molecule has 4 heteroatoms. The fraction of sp³-hybridized carbons (Fsp3) is 0.300. The molecule has 76 valence electrons. The molecule has 0 spiro atoms. The minimum Gasteiger partial charge on any atom is -0.481 e. The average molecular weight is 197 g/mol. The quantitative estimate of drug-likeness (QED) is 0.728. The summed E-state index contributed by atoms with van der Waals surface area (Å²) in [6, 6.07) is 4.28. The van der Waals surface area contributed by atoms with E-state index >= 15 is 0 Å². The molecule has 1 rings (SSSR count). The topological polar surface area (TPSA) is 63.3 Å². The monoisotopic (exact) mass is 197 g/mol. The van der Waals surface area contributed by atoms with Crippen LogP contribution in [0.3, 0.4) is 0 Å². The van der Waals surface area contributed by atoms with Crippen LogP contribution in [0.1, 0.15) is 24.8 Å². The number of nitrogen functional groups attached to an aromatic ring is 1. The van der Waals surface area contributed by atoms with Gasteiger partial charge in [-0.2, -0.15) is 0 Å². The van der Waals surface area contributed by atoms with Crippen molar-refractivity contribution >= 4 is 11.7 Å². The first-order valence-electron chi connectivity index (χ1n) is 4.27. The second-order valence-electron chi connectivity index (χ2n) is 3.28. The zero-order valence-electron chi connectivity index (χ0n) is 7.83.